The van der Waals surface area contributed by atoms with E-state index in [1.165, 1.54) is 7.11 Å². The molecule has 106 valence electrons. The summed E-state index contributed by atoms with van der Waals surface area (Å²) in [4.78, 5) is 11.4. The van der Waals surface area contributed by atoms with E-state index in [4.69, 9.17) is 9.84 Å². The molecule has 18 heavy (non-hydrogen) atoms. The van der Waals surface area contributed by atoms with Gasteiger partial charge in [-0.2, -0.15) is 0 Å². The van der Waals surface area contributed by atoms with Crippen LogP contribution in [0.5, 0.6) is 0 Å². The van der Waals surface area contributed by atoms with Gasteiger partial charge in [0.2, 0.25) is 0 Å². The Balaban J connectivity index is 2.19. The van der Waals surface area contributed by atoms with Gasteiger partial charge in [0.25, 0.3) is 0 Å². The fourth-order valence-electron chi connectivity index (χ4n) is 2.32. The summed E-state index contributed by atoms with van der Waals surface area (Å²) in [5, 5.41) is 18.5. The molecule has 0 amide bonds. The minimum absolute atomic E-state index is 0.167. The molecule has 0 radical (unpaired) electrons. The quantitative estimate of drug-likeness (QED) is 0.524. The van der Waals surface area contributed by atoms with E-state index in [9.17, 15) is 9.90 Å². The van der Waals surface area contributed by atoms with Gasteiger partial charge < -0.3 is 19.7 Å². The maximum atomic E-state index is 11.4. The monoisotopic (exact) mass is 260 g/mol. The van der Waals surface area contributed by atoms with Gasteiger partial charge >= 0.3 is 5.97 Å². The molecule has 0 saturated heterocycles. The van der Waals surface area contributed by atoms with Crippen molar-refractivity contribution in [2.24, 2.45) is 5.92 Å². The number of aliphatic hydroxyl groups excluding tert-OH is 2. The van der Waals surface area contributed by atoms with Gasteiger partial charge in [0, 0.05) is 13.2 Å². The molecule has 5 heteroatoms. The van der Waals surface area contributed by atoms with Crippen LogP contribution < -0.4 is 0 Å². The molecule has 3 atom stereocenters. The normalized spacial score (nSPS) is 28.1. The highest BCUT2D eigenvalue weighted by molar-refractivity contribution is 5.72. The van der Waals surface area contributed by atoms with Crippen LogP contribution in [0.4, 0.5) is 0 Å². The lowest BCUT2D eigenvalue weighted by atomic mass is 9.85. The minimum Gasteiger partial charge on any atom is -0.469 e. The number of unbranched alkanes of at least 4 members (excludes halogenated alkanes) is 2. The zero-order chi connectivity index (χ0) is 13.4. The van der Waals surface area contributed by atoms with E-state index in [0.717, 1.165) is 19.3 Å². The maximum absolute atomic E-state index is 11.4. The standard InChI is InChI=1S/C13H24O5/c1-17-13(16)10-5-6-12(11(15)9-10)18-8-4-2-3-7-14/h10-12,14-15H,2-9H2,1H3/t10?,11?,12-/m0/s1. The first kappa shape index (κ1) is 15.4. The van der Waals surface area contributed by atoms with Crippen molar-refractivity contribution in [3.8, 4) is 0 Å². The predicted octanol–water partition coefficient (Wildman–Crippen LogP) is 0.868. The maximum Gasteiger partial charge on any atom is 0.308 e. The first-order chi connectivity index (χ1) is 8.69. The van der Waals surface area contributed by atoms with Crippen molar-refractivity contribution in [3.05, 3.63) is 0 Å². The largest absolute Gasteiger partial charge is 0.469 e. The Kier molecular flexibility index (Phi) is 7.23. The highest BCUT2D eigenvalue weighted by Crippen LogP contribution is 2.27. The second-order valence-corrected chi connectivity index (χ2v) is 4.79. The molecule has 2 unspecified atom stereocenters. The van der Waals surface area contributed by atoms with Crippen molar-refractivity contribution in [2.75, 3.05) is 20.3 Å². The Morgan fingerprint density at radius 2 is 2.06 bits per heavy atom. The topological polar surface area (TPSA) is 76.0 Å². The van der Waals surface area contributed by atoms with Crippen LogP contribution in [0.25, 0.3) is 0 Å². The van der Waals surface area contributed by atoms with Gasteiger partial charge in [-0.1, -0.05) is 0 Å². The molecule has 1 saturated carbocycles. The molecule has 1 aliphatic carbocycles. The van der Waals surface area contributed by atoms with Crippen molar-refractivity contribution < 1.29 is 24.5 Å². The smallest absolute Gasteiger partial charge is 0.308 e. The molecule has 1 fully saturated rings. The van der Waals surface area contributed by atoms with Crippen molar-refractivity contribution in [1.29, 1.82) is 0 Å². The van der Waals surface area contributed by atoms with Crippen LogP contribution >= 0.6 is 0 Å². The van der Waals surface area contributed by atoms with Gasteiger partial charge in [-0.15, -0.1) is 0 Å². The molecule has 2 N–H and O–H groups in total. The molecule has 1 rings (SSSR count). The van der Waals surface area contributed by atoms with Gasteiger partial charge in [0.05, 0.1) is 25.2 Å². The summed E-state index contributed by atoms with van der Waals surface area (Å²) in [5.74, 6) is -0.435. The molecule has 0 bridgehead atoms. The van der Waals surface area contributed by atoms with Crippen molar-refractivity contribution in [3.63, 3.8) is 0 Å². The van der Waals surface area contributed by atoms with Crippen molar-refractivity contribution in [2.45, 2.75) is 50.7 Å². The number of carbonyl (C=O) groups is 1. The summed E-state index contributed by atoms with van der Waals surface area (Å²) in [7, 11) is 1.37. The number of esters is 1. The van der Waals surface area contributed by atoms with Gasteiger partial charge in [-0.05, 0) is 38.5 Å². The molecule has 0 spiro atoms. The van der Waals surface area contributed by atoms with Gasteiger partial charge in [0.1, 0.15) is 0 Å². The Bertz CT molecular complexity index is 244. The van der Waals surface area contributed by atoms with E-state index >= 15 is 0 Å². The van der Waals surface area contributed by atoms with E-state index in [1.807, 2.05) is 0 Å². The van der Waals surface area contributed by atoms with E-state index in [2.05, 4.69) is 4.74 Å². The molecule has 0 heterocycles. The lowest BCUT2D eigenvalue weighted by molar-refractivity contribution is -0.151. The minimum atomic E-state index is -0.583. The lowest BCUT2D eigenvalue weighted by Crippen LogP contribution is -2.38. The van der Waals surface area contributed by atoms with Crippen LogP contribution in [0.1, 0.15) is 38.5 Å². The van der Waals surface area contributed by atoms with Crippen LogP contribution in [-0.2, 0) is 14.3 Å². The summed E-state index contributed by atoms with van der Waals surface area (Å²) >= 11 is 0. The Morgan fingerprint density at radius 3 is 2.67 bits per heavy atom. The third-order valence-electron chi connectivity index (χ3n) is 3.42. The van der Waals surface area contributed by atoms with Crippen LogP contribution in [0.2, 0.25) is 0 Å². The van der Waals surface area contributed by atoms with Gasteiger partial charge in [-0.3, -0.25) is 4.79 Å². The third kappa shape index (κ3) is 4.92. The number of hydrogen-bond donors (Lipinski definition) is 2. The second-order valence-electron chi connectivity index (χ2n) is 4.79. The van der Waals surface area contributed by atoms with Gasteiger partial charge in [-0.25, -0.2) is 0 Å². The SMILES string of the molecule is COC(=O)C1CC[C@H](OCCCCCO)C(O)C1. The summed E-state index contributed by atoms with van der Waals surface area (Å²) in [6.45, 7) is 0.817. The molecular weight excluding hydrogens is 236 g/mol. The Morgan fingerprint density at radius 1 is 1.28 bits per heavy atom. The summed E-state index contributed by atoms with van der Waals surface area (Å²) in [6, 6.07) is 0. The van der Waals surface area contributed by atoms with Crippen molar-refractivity contribution in [1.82, 2.24) is 0 Å². The Hall–Kier alpha value is -0.650. The van der Waals surface area contributed by atoms with E-state index in [-0.39, 0.29) is 24.6 Å². The van der Waals surface area contributed by atoms with E-state index in [0.29, 0.717) is 25.9 Å². The third-order valence-corrected chi connectivity index (χ3v) is 3.42. The van der Waals surface area contributed by atoms with E-state index < -0.39 is 6.10 Å². The molecule has 0 aliphatic heterocycles. The molecule has 5 nitrogen and oxygen atoms in total. The summed E-state index contributed by atoms with van der Waals surface area (Å²) in [6.07, 6.45) is 3.70. The predicted molar refractivity (Wildman–Crippen MR) is 66.0 cm³/mol. The van der Waals surface area contributed by atoms with Crippen LogP contribution in [0.15, 0.2) is 0 Å². The first-order valence-corrected chi connectivity index (χ1v) is 6.67. The average Bonchev–Trinajstić information content (AvgIpc) is 2.39. The number of aliphatic hydroxyl groups is 2. The number of hydrogen-bond acceptors (Lipinski definition) is 5. The fraction of sp³-hybridized carbons (Fsp3) is 0.923. The number of rotatable bonds is 7. The van der Waals surface area contributed by atoms with Crippen LogP contribution in [0, 0.1) is 5.92 Å². The van der Waals surface area contributed by atoms with Crippen LogP contribution in [0.3, 0.4) is 0 Å². The summed E-state index contributed by atoms with van der Waals surface area (Å²) < 4.78 is 10.3. The number of methoxy groups -OCH3 is 1. The fourth-order valence-corrected chi connectivity index (χ4v) is 2.32. The lowest BCUT2D eigenvalue weighted by Gasteiger charge is -2.31. The number of carbonyl (C=O) groups excluding carboxylic acids is 1. The Labute approximate surface area is 108 Å². The zero-order valence-corrected chi connectivity index (χ0v) is 11.0. The first-order valence-electron chi connectivity index (χ1n) is 6.67. The average molecular weight is 260 g/mol. The van der Waals surface area contributed by atoms with Crippen molar-refractivity contribution >= 4 is 5.97 Å². The molecule has 1 aliphatic rings. The number of ether oxygens (including phenoxy) is 2. The van der Waals surface area contributed by atoms with Gasteiger partial charge in [0.15, 0.2) is 0 Å². The molecule has 0 aromatic carbocycles. The zero-order valence-electron chi connectivity index (χ0n) is 11.0. The molecular formula is C13H24O5. The summed E-state index contributed by atoms with van der Waals surface area (Å²) in [5.41, 5.74) is 0. The molecule has 0 aromatic rings. The van der Waals surface area contributed by atoms with E-state index in [1.54, 1.807) is 0 Å². The second kappa shape index (κ2) is 8.45. The molecule has 0 aromatic heterocycles. The highest BCUT2D eigenvalue weighted by Gasteiger charge is 2.33. The van der Waals surface area contributed by atoms with Crippen LogP contribution in [-0.4, -0.2) is 48.7 Å². The highest BCUT2D eigenvalue weighted by atomic mass is 16.5.